The number of nitro groups is 1. The molecule has 0 aliphatic carbocycles. The summed E-state index contributed by atoms with van der Waals surface area (Å²) in [6, 6.07) is 10.7. The molecule has 0 saturated heterocycles. The first-order valence-corrected chi connectivity index (χ1v) is 6.41. The highest BCUT2D eigenvalue weighted by Crippen LogP contribution is 2.20. The van der Waals surface area contributed by atoms with Gasteiger partial charge in [-0.3, -0.25) is 10.1 Å². The van der Waals surface area contributed by atoms with Crippen molar-refractivity contribution in [2.24, 2.45) is 0 Å². The number of nitriles is 1. The molecule has 0 aliphatic rings. The molecule has 0 amide bonds. The molecule has 2 rings (SSSR count). The van der Waals surface area contributed by atoms with E-state index in [1.807, 2.05) is 18.2 Å². The minimum Gasteiger partial charge on any atom is -0.308 e. The fraction of sp³-hybridized carbons (Fsp3) is 0.200. The molecule has 2 aromatic rings. The summed E-state index contributed by atoms with van der Waals surface area (Å²) in [5.41, 5.74) is 2.84. The van der Waals surface area contributed by atoms with Crippen LogP contribution in [0.1, 0.15) is 22.4 Å². The summed E-state index contributed by atoms with van der Waals surface area (Å²) in [5.74, 6) is 0. The van der Waals surface area contributed by atoms with Crippen LogP contribution < -0.4 is 5.32 Å². The number of aromatic nitrogens is 1. The van der Waals surface area contributed by atoms with Gasteiger partial charge in [-0.15, -0.1) is 0 Å². The second-order valence-corrected chi connectivity index (χ2v) is 4.54. The molecule has 0 aliphatic heterocycles. The Bertz CT molecular complexity index is 707. The van der Waals surface area contributed by atoms with E-state index >= 15 is 0 Å². The van der Waals surface area contributed by atoms with Crippen molar-refractivity contribution in [1.29, 1.82) is 5.26 Å². The van der Waals surface area contributed by atoms with Crippen LogP contribution in [0, 0.1) is 28.4 Å². The Hall–Kier alpha value is -2.78. The zero-order chi connectivity index (χ0) is 15.2. The summed E-state index contributed by atoms with van der Waals surface area (Å²) in [6.45, 7) is 2.71. The average Bonchev–Trinajstić information content (AvgIpc) is 2.49. The molecule has 0 bridgehead atoms. The molecule has 1 aromatic heterocycles. The smallest absolute Gasteiger partial charge is 0.272 e. The quantitative estimate of drug-likeness (QED) is 0.671. The fourth-order valence-corrected chi connectivity index (χ4v) is 2.07. The summed E-state index contributed by atoms with van der Waals surface area (Å²) >= 11 is 0. The summed E-state index contributed by atoms with van der Waals surface area (Å²) in [4.78, 5) is 14.5. The normalized spacial score (nSPS) is 10.1. The summed E-state index contributed by atoms with van der Waals surface area (Å²) in [7, 11) is 0. The lowest BCUT2D eigenvalue weighted by atomic mass is 10.1. The largest absolute Gasteiger partial charge is 0.308 e. The lowest BCUT2D eigenvalue weighted by molar-refractivity contribution is -0.385. The van der Waals surface area contributed by atoms with Crippen molar-refractivity contribution in [3.8, 4) is 6.07 Å². The third kappa shape index (κ3) is 3.41. The van der Waals surface area contributed by atoms with Crippen molar-refractivity contribution >= 4 is 5.69 Å². The van der Waals surface area contributed by atoms with Crippen LogP contribution in [-0.2, 0) is 13.1 Å². The van der Waals surface area contributed by atoms with Crippen molar-refractivity contribution in [2.45, 2.75) is 20.0 Å². The molecule has 1 aromatic carbocycles. The van der Waals surface area contributed by atoms with Gasteiger partial charge in [0.1, 0.15) is 11.8 Å². The van der Waals surface area contributed by atoms with Crippen LogP contribution in [0.15, 0.2) is 36.5 Å². The van der Waals surface area contributed by atoms with Crippen LogP contribution in [0.5, 0.6) is 0 Å². The Morgan fingerprint density at radius 2 is 2.00 bits per heavy atom. The molecular weight excluding hydrogens is 268 g/mol. The van der Waals surface area contributed by atoms with Crippen LogP contribution in [0.25, 0.3) is 0 Å². The minimum absolute atomic E-state index is 0.119. The molecule has 0 radical (unpaired) electrons. The zero-order valence-electron chi connectivity index (χ0n) is 11.5. The van der Waals surface area contributed by atoms with Crippen LogP contribution in [0.3, 0.4) is 0 Å². The summed E-state index contributed by atoms with van der Waals surface area (Å²) < 4.78 is 0. The molecule has 21 heavy (non-hydrogen) atoms. The molecule has 6 heteroatoms. The van der Waals surface area contributed by atoms with Gasteiger partial charge >= 0.3 is 0 Å². The molecule has 0 saturated carbocycles. The van der Waals surface area contributed by atoms with Crippen molar-refractivity contribution in [3.63, 3.8) is 0 Å². The van der Waals surface area contributed by atoms with Gasteiger partial charge in [-0.2, -0.15) is 5.26 Å². The molecule has 0 spiro atoms. The molecule has 106 valence electrons. The number of nitrogens with one attached hydrogen (secondary N) is 1. The van der Waals surface area contributed by atoms with E-state index in [4.69, 9.17) is 5.26 Å². The Morgan fingerprint density at radius 1 is 1.29 bits per heavy atom. The first-order valence-electron chi connectivity index (χ1n) is 6.41. The van der Waals surface area contributed by atoms with Gasteiger partial charge in [-0.05, 0) is 18.6 Å². The average molecular weight is 282 g/mol. The predicted octanol–water partition coefficient (Wildman–Crippen LogP) is 2.46. The summed E-state index contributed by atoms with van der Waals surface area (Å²) in [5, 5.41) is 23.0. The maximum atomic E-state index is 10.9. The third-order valence-corrected chi connectivity index (χ3v) is 3.24. The minimum atomic E-state index is -0.381. The van der Waals surface area contributed by atoms with Gasteiger partial charge in [0.25, 0.3) is 5.69 Å². The maximum absolute atomic E-state index is 10.9. The van der Waals surface area contributed by atoms with Crippen molar-refractivity contribution in [2.75, 3.05) is 0 Å². The Balaban J connectivity index is 2.06. The molecule has 0 atom stereocenters. The Morgan fingerprint density at radius 3 is 2.71 bits per heavy atom. The first-order chi connectivity index (χ1) is 10.1. The molecular formula is C15H14N4O2. The number of rotatable bonds is 5. The second-order valence-electron chi connectivity index (χ2n) is 4.54. The van der Waals surface area contributed by atoms with E-state index < -0.39 is 0 Å². The van der Waals surface area contributed by atoms with Gasteiger partial charge in [0.15, 0.2) is 0 Å². The molecule has 1 heterocycles. The highest BCUT2D eigenvalue weighted by molar-refractivity contribution is 5.44. The van der Waals surface area contributed by atoms with Crippen molar-refractivity contribution < 1.29 is 4.92 Å². The van der Waals surface area contributed by atoms with Crippen molar-refractivity contribution in [1.82, 2.24) is 10.3 Å². The Labute approximate surface area is 122 Å². The highest BCUT2D eigenvalue weighted by atomic mass is 16.6. The number of hydrogen-bond acceptors (Lipinski definition) is 5. The number of nitro benzene ring substituents is 1. The van der Waals surface area contributed by atoms with Gasteiger partial charge in [-0.1, -0.05) is 18.2 Å². The van der Waals surface area contributed by atoms with Crippen LogP contribution >= 0.6 is 0 Å². The van der Waals surface area contributed by atoms with Gasteiger partial charge in [0, 0.05) is 36.5 Å². The fourth-order valence-electron chi connectivity index (χ4n) is 2.07. The zero-order valence-corrected chi connectivity index (χ0v) is 11.5. The molecule has 6 nitrogen and oxygen atoms in total. The third-order valence-electron chi connectivity index (χ3n) is 3.24. The first kappa shape index (κ1) is 14.6. The molecule has 0 unspecified atom stereocenters. The van der Waals surface area contributed by atoms with Gasteiger partial charge in [0.05, 0.1) is 4.92 Å². The second kappa shape index (κ2) is 6.59. The SMILES string of the molecule is Cc1c(CNCc2cccnc2C#N)cccc1[N+](=O)[O-]. The van der Waals surface area contributed by atoms with Crippen molar-refractivity contribution in [3.05, 3.63) is 69.0 Å². The summed E-state index contributed by atoms with van der Waals surface area (Å²) in [6.07, 6.45) is 1.58. The van der Waals surface area contributed by atoms with E-state index in [-0.39, 0.29) is 10.6 Å². The van der Waals surface area contributed by atoms with Crippen LogP contribution in [0.4, 0.5) is 5.69 Å². The monoisotopic (exact) mass is 282 g/mol. The van der Waals surface area contributed by atoms with Crippen LogP contribution in [-0.4, -0.2) is 9.91 Å². The van der Waals surface area contributed by atoms with Gasteiger partial charge < -0.3 is 5.32 Å². The number of nitrogens with zero attached hydrogens (tertiary/aromatic N) is 3. The van der Waals surface area contributed by atoms with Gasteiger partial charge in [-0.25, -0.2) is 4.98 Å². The lowest BCUT2D eigenvalue weighted by Gasteiger charge is -2.08. The molecule has 1 N–H and O–H groups in total. The standard InChI is InChI=1S/C15H14N4O2/c1-11-12(4-2-6-15(11)19(20)21)9-17-10-13-5-3-7-18-14(13)8-16/h2-7,17H,9-10H2,1H3. The number of pyridine rings is 1. The maximum Gasteiger partial charge on any atom is 0.272 e. The lowest BCUT2D eigenvalue weighted by Crippen LogP contribution is -2.15. The molecule has 0 fully saturated rings. The topological polar surface area (TPSA) is 91.8 Å². The number of hydrogen-bond donors (Lipinski definition) is 1. The van der Waals surface area contributed by atoms with E-state index in [0.29, 0.717) is 24.3 Å². The van der Waals surface area contributed by atoms with E-state index in [0.717, 1.165) is 11.1 Å². The van der Waals surface area contributed by atoms with E-state index in [1.54, 1.807) is 25.3 Å². The van der Waals surface area contributed by atoms with E-state index in [1.165, 1.54) is 6.07 Å². The van der Waals surface area contributed by atoms with E-state index in [9.17, 15) is 10.1 Å². The highest BCUT2D eigenvalue weighted by Gasteiger charge is 2.12. The van der Waals surface area contributed by atoms with E-state index in [2.05, 4.69) is 10.3 Å². The van der Waals surface area contributed by atoms with Gasteiger partial charge in [0.2, 0.25) is 0 Å². The Kier molecular flexibility index (Phi) is 4.59. The predicted molar refractivity (Wildman–Crippen MR) is 77.3 cm³/mol. The number of benzene rings is 1. The van der Waals surface area contributed by atoms with Crippen LogP contribution in [0.2, 0.25) is 0 Å².